The van der Waals surface area contributed by atoms with Crippen LogP contribution in [0, 0.1) is 0 Å². The van der Waals surface area contributed by atoms with Crippen molar-refractivity contribution < 1.29 is 15.0 Å². The van der Waals surface area contributed by atoms with E-state index in [0.717, 1.165) is 6.42 Å². The van der Waals surface area contributed by atoms with Gasteiger partial charge in [0, 0.05) is 5.25 Å². The fourth-order valence-corrected chi connectivity index (χ4v) is 3.57. The first kappa shape index (κ1) is 10.3. The zero-order chi connectivity index (χ0) is 10.3. The van der Waals surface area contributed by atoms with Crippen LogP contribution in [0.3, 0.4) is 0 Å². The summed E-state index contributed by atoms with van der Waals surface area (Å²) in [5.41, 5.74) is 0. The number of fused-ring (bicyclic) bond motifs is 1. The zero-order valence-corrected chi connectivity index (χ0v) is 8.91. The lowest BCUT2D eigenvalue weighted by molar-refractivity contribution is -0.147. The highest BCUT2D eigenvalue weighted by Crippen LogP contribution is 2.37. The predicted molar refractivity (Wildman–Crippen MR) is 53.6 cm³/mol. The fraction of sp³-hybridized carbons (Fsp3) is 0.889. The summed E-state index contributed by atoms with van der Waals surface area (Å²) in [7, 11) is 0. The molecule has 0 saturated carbocycles. The van der Waals surface area contributed by atoms with E-state index in [2.05, 4.69) is 0 Å². The molecule has 0 spiro atoms. The highest BCUT2D eigenvalue weighted by atomic mass is 32.2. The molecular formula is C9H15NO3S. The van der Waals surface area contributed by atoms with Gasteiger partial charge in [-0.3, -0.25) is 4.79 Å². The quantitative estimate of drug-likeness (QED) is 0.606. The smallest absolute Gasteiger partial charge is 0.254 e. The molecule has 80 valence electrons. The summed E-state index contributed by atoms with van der Waals surface area (Å²) in [5, 5.41) is 19.5. The molecule has 2 aliphatic heterocycles. The van der Waals surface area contributed by atoms with E-state index in [1.54, 1.807) is 11.8 Å². The Labute approximate surface area is 87.3 Å². The third kappa shape index (κ3) is 1.64. The van der Waals surface area contributed by atoms with Crippen molar-refractivity contribution in [3.8, 4) is 0 Å². The van der Waals surface area contributed by atoms with Gasteiger partial charge in [0.25, 0.3) is 5.91 Å². The Morgan fingerprint density at radius 1 is 1.43 bits per heavy atom. The van der Waals surface area contributed by atoms with Crippen LogP contribution in [-0.4, -0.2) is 44.0 Å². The van der Waals surface area contributed by atoms with Gasteiger partial charge in [-0.2, -0.15) is 0 Å². The minimum atomic E-state index is -0.935. The van der Waals surface area contributed by atoms with E-state index in [1.807, 2.05) is 6.92 Å². The Bertz CT molecular complexity index is 248. The van der Waals surface area contributed by atoms with Crippen molar-refractivity contribution in [3.63, 3.8) is 0 Å². The average Bonchev–Trinajstić information content (AvgIpc) is 2.40. The van der Waals surface area contributed by atoms with Crippen molar-refractivity contribution in [2.45, 2.75) is 49.1 Å². The second kappa shape index (κ2) is 3.72. The molecule has 0 aromatic rings. The van der Waals surface area contributed by atoms with Gasteiger partial charge in [0.2, 0.25) is 0 Å². The van der Waals surface area contributed by atoms with Crippen molar-refractivity contribution >= 4 is 17.7 Å². The maximum atomic E-state index is 11.7. The van der Waals surface area contributed by atoms with Gasteiger partial charge >= 0.3 is 0 Å². The molecule has 4 atom stereocenters. The van der Waals surface area contributed by atoms with Crippen LogP contribution >= 0.6 is 11.8 Å². The summed E-state index contributed by atoms with van der Waals surface area (Å²) in [5.74, 6) is -0.308. The van der Waals surface area contributed by atoms with Crippen molar-refractivity contribution in [2.24, 2.45) is 0 Å². The molecule has 2 rings (SSSR count). The minimum Gasteiger partial charge on any atom is -0.383 e. The maximum absolute atomic E-state index is 11.7. The van der Waals surface area contributed by atoms with Crippen molar-refractivity contribution in [3.05, 3.63) is 0 Å². The van der Waals surface area contributed by atoms with E-state index in [0.29, 0.717) is 12.8 Å². The normalized spacial score (nSPS) is 43.6. The lowest BCUT2D eigenvalue weighted by atomic mass is 10.2. The number of amides is 1. The van der Waals surface area contributed by atoms with Crippen LogP contribution in [-0.2, 0) is 4.79 Å². The molecule has 0 aliphatic carbocycles. The van der Waals surface area contributed by atoms with Crippen LogP contribution in [0.2, 0.25) is 0 Å². The van der Waals surface area contributed by atoms with Crippen LogP contribution in [0.5, 0.6) is 0 Å². The molecule has 0 bridgehead atoms. The lowest BCUT2D eigenvalue weighted by Gasteiger charge is -2.25. The monoisotopic (exact) mass is 217 g/mol. The van der Waals surface area contributed by atoms with Gasteiger partial charge < -0.3 is 15.1 Å². The zero-order valence-electron chi connectivity index (χ0n) is 8.09. The molecule has 0 radical (unpaired) electrons. The third-order valence-electron chi connectivity index (χ3n) is 2.79. The Balaban J connectivity index is 2.21. The molecule has 4 nitrogen and oxygen atoms in total. The highest BCUT2D eigenvalue weighted by Gasteiger charge is 2.42. The van der Waals surface area contributed by atoms with Gasteiger partial charge in [0.15, 0.2) is 0 Å². The Morgan fingerprint density at radius 2 is 2.14 bits per heavy atom. The molecule has 1 amide bonds. The Kier molecular flexibility index (Phi) is 2.72. The topological polar surface area (TPSA) is 60.8 Å². The first-order valence-corrected chi connectivity index (χ1v) is 5.87. The van der Waals surface area contributed by atoms with Gasteiger partial charge in [-0.05, 0) is 19.3 Å². The summed E-state index contributed by atoms with van der Waals surface area (Å²) in [6.07, 6.45) is 0.316. The van der Waals surface area contributed by atoms with Crippen molar-refractivity contribution in [1.82, 2.24) is 4.90 Å². The Morgan fingerprint density at radius 3 is 2.86 bits per heavy atom. The molecule has 4 unspecified atom stereocenters. The number of carbonyl (C=O) groups is 1. The molecular weight excluding hydrogens is 202 g/mol. The summed E-state index contributed by atoms with van der Waals surface area (Å²) in [4.78, 5) is 13.1. The van der Waals surface area contributed by atoms with E-state index in [-0.39, 0.29) is 16.5 Å². The first-order valence-electron chi connectivity index (χ1n) is 4.93. The number of hydrogen-bond acceptors (Lipinski definition) is 4. The summed E-state index contributed by atoms with van der Waals surface area (Å²) >= 11 is 1.67. The van der Waals surface area contributed by atoms with E-state index < -0.39 is 12.3 Å². The van der Waals surface area contributed by atoms with E-state index >= 15 is 0 Å². The second-order valence-electron chi connectivity index (χ2n) is 3.96. The SMILES string of the molecule is CC1CC(O)C(=O)N2C(O)CCC2S1. The molecule has 2 fully saturated rings. The van der Waals surface area contributed by atoms with Crippen LogP contribution in [0.25, 0.3) is 0 Å². The summed E-state index contributed by atoms with van der Waals surface area (Å²) in [6, 6.07) is 0. The van der Waals surface area contributed by atoms with Crippen LogP contribution in [0.15, 0.2) is 0 Å². The van der Waals surface area contributed by atoms with Gasteiger partial charge in [0.1, 0.15) is 12.3 Å². The van der Waals surface area contributed by atoms with Gasteiger partial charge in [-0.15, -0.1) is 11.8 Å². The van der Waals surface area contributed by atoms with E-state index in [9.17, 15) is 15.0 Å². The van der Waals surface area contributed by atoms with Gasteiger partial charge in [-0.25, -0.2) is 0 Å². The molecule has 2 aliphatic rings. The molecule has 0 aromatic heterocycles. The molecule has 2 heterocycles. The molecule has 2 saturated heterocycles. The summed E-state index contributed by atoms with van der Waals surface area (Å²) < 4.78 is 0. The minimum absolute atomic E-state index is 0.0599. The van der Waals surface area contributed by atoms with Crippen molar-refractivity contribution in [2.75, 3.05) is 0 Å². The standard InChI is InChI=1S/C9H15NO3S/c1-5-4-6(11)9(13)10-7(12)2-3-8(10)14-5/h5-8,11-12H,2-4H2,1H3. The first-order chi connectivity index (χ1) is 6.59. The molecule has 2 N–H and O–H groups in total. The highest BCUT2D eigenvalue weighted by molar-refractivity contribution is 8.00. The Hall–Kier alpha value is -0.260. The number of rotatable bonds is 0. The number of aliphatic hydroxyl groups is 2. The lowest BCUT2D eigenvalue weighted by Crippen LogP contribution is -2.43. The van der Waals surface area contributed by atoms with Crippen molar-refractivity contribution in [1.29, 1.82) is 0 Å². The van der Waals surface area contributed by atoms with Gasteiger partial charge in [0.05, 0.1) is 5.37 Å². The van der Waals surface area contributed by atoms with E-state index in [4.69, 9.17) is 0 Å². The summed E-state index contributed by atoms with van der Waals surface area (Å²) in [6.45, 7) is 2.01. The van der Waals surface area contributed by atoms with Crippen LogP contribution < -0.4 is 0 Å². The maximum Gasteiger partial charge on any atom is 0.254 e. The molecule has 14 heavy (non-hydrogen) atoms. The molecule has 0 aromatic carbocycles. The fourth-order valence-electron chi connectivity index (χ4n) is 2.10. The van der Waals surface area contributed by atoms with E-state index in [1.165, 1.54) is 4.90 Å². The van der Waals surface area contributed by atoms with Gasteiger partial charge in [-0.1, -0.05) is 6.92 Å². The largest absolute Gasteiger partial charge is 0.383 e. The number of aliphatic hydroxyl groups excluding tert-OH is 2. The number of hydrogen-bond donors (Lipinski definition) is 2. The van der Waals surface area contributed by atoms with Crippen LogP contribution in [0.4, 0.5) is 0 Å². The molecule has 5 heteroatoms. The predicted octanol–water partition coefficient (Wildman–Crippen LogP) is 0.140. The van der Waals surface area contributed by atoms with Crippen LogP contribution in [0.1, 0.15) is 26.2 Å². The average molecular weight is 217 g/mol. The second-order valence-corrected chi connectivity index (χ2v) is 5.58. The number of thioether (sulfide) groups is 1. The third-order valence-corrected chi connectivity index (χ3v) is 4.22. The number of nitrogens with zero attached hydrogens (tertiary/aromatic N) is 1. The number of carbonyl (C=O) groups excluding carboxylic acids is 1.